The molecule has 2 aromatic rings. The standard InChI is InChI=1S/C12H10Br3NOS2/c1-2-16(6-7-3-4-9(13)18-7)12(17)8-5-10(14)19-11(8)15/h3-5H,2,6H2,1H3. The van der Waals surface area contributed by atoms with E-state index in [4.69, 9.17) is 0 Å². The summed E-state index contributed by atoms with van der Waals surface area (Å²) in [6, 6.07) is 5.92. The molecular formula is C12H10Br3NOS2. The number of hydrogen-bond acceptors (Lipinski definition) is 3. The van der Waals surface area contributed by atoms with Crippen LogP contribution in [0.25, 0.3) is 0 Å². The van der Waals surface area contributed by atoms with Crippen molar-refractivity contribution in [2.24, 2.45) is 0 Å². The summed E-state index contributed by atoms with van der Waals surface area (Å²) in [5, 5.41) is 0. The van der Waals surface area contributed by atoms with Gasteiger partial charge < -0.3 is 4.90 Å². The van der Waals surface area contributed by atoms with Crippen LogP contribution >= 0.6 is 70.5 Å². The van der Waals surface area contributed by atoms with Crippen molar-refractivity contribution in [3.8, 4) is 0 Å². The van der Waals surface area contributed by atoms with E-state index in [1.807, 2.05) is 30.0 Å². The molecule has 0 aliphatic rings. The van der Waals surface area contributed by atoms with Crippen LogP contribution in [-0.4, -0.2) is 17.4 Å². The molecule has 0 N–H and O–H groups in total. The minimum Gasteiger partial charge on any atom is -0.334 e. The number of rotatable bonds is 4. The molecule has 2 heterocycles. The summed E-state index contributed by atoms with van der Waals surface area (Å²) < 4.78 is 2.92. The van der Waals surface area contributed by atoms with Crippen LogP contribution in [0.15, 0.2) is 29.6 Å². The van der Waals surface area contributed by atoms with Gasteiger partial charge in [-0.25, -0.2) is 0 Å². The SMILES string of the molecule is CCN(Cc1ccc(Br)s1)C(=O)c1cc(Br)sc1Br. The zero-order valence-electron chi connectivity index (χ0n) is 9.95. The number of hydrogen-bond donors (Lipinski definition) is 0. The van der Waals surface area contributed by atoms with Gasteiger partial charge in [0.2, 0.25) is 0 Å². The fraction of sp³-hybridized carbons (Fsp3) is 0.250. The summed E-state index contributed by atoms with van der Waals surface area (Å²) in [6.07, 6.45) is 0. The van der Waals surface area contributed by atoms with Crippen LogP contribution in [0.4, 0.5) is 0 Å². The molecule has 0 unspecified atom stereocenters. The molecule has 19 heavy (non-hydrogen) atoms. The molecule has 0 aromatic carbocycles. The molecule has 0 saturated heterocycles. The van der Waals surface area contributed by atoms with Crippen LogP contribution in [0.5, 0.6) is 0 Å². The molecule has 2 rings (SSSR count). The molecule has 2 aromatic heterocycles. The van der Waals surface area contributed by atoms with Gasteiger partial charge in [-0.2, -0.15) is 0 Å². The fourth-order valence-electron chi connectivity index (χ4n) is 1.61. The summed E-state index contributed by atoms with van der Waals surface area (Å²) in [7, 11) is 0. The summed E-state index contributed by atoms with van der Waals surface area (Å²) in [5.74, 6) is 0.0563. The fourth-order valence-corrected chi connectivity index (χ4v) is 5.88. The van der Waals surface area contributed by atoms with Crippen molar-refractivity contribution >= 4 is 76.4 Å². The van der Waals surface area contributed by atoms with E-state index in [1.54, 1.807) is 11.3 Å². The number of nitrogens with zero attached hydrogens (tertiary/aromatic N) is 1. The number of carbonyl (C=O) groups excluding carboxylic acids is 1. The topological polar surface area (TPSA) is 20.3 Å². The highest BCUT2D eigenvalue weighted by molar-refractivity contribution is 9.12. The quantitative estimate of drug-likeness (QED) is 0.537. The van der Waals surface area contributed by atoms with E-state index in [0.717, 1.165) is 11.4 Å². The second kappa shape index (κ2) is 6.85. The van der Waals surface area contributed by atoms with Gasteiger partial charge >= 0.3 is 0 Å². The maximum Gasteiger partial charge on any atom is 0.256 e. The lowest BCUT2D eigenvalue weighted by Crippen LogP contribution is -2.29. The van der Waals surface area contributed by atoms with Crippen LogP contribution in [0, 0.1) is 0 Å². The highest BCUT2D eigenvalue weighted by atomic mass is 79.9. The van der Waals surface area contributed by atoms with Crippen molar-refractivity contribution in [1.82, 2.24) is 4.90 Å². The largest absolute Gasteiger partial charge is 0.334 e. The summed E-state index contributed by atoms with van der Waals surface area (Å²) in [6.45, 7) is 3.33. The van der Waals surface area contributed by atoms with Gasteiger partial charge in [0.1, 0.15) is 0 Å². The van der Waals surface area contributed by atoms with E-state index < -0.39 is 0 Å². The Morgan fingerprint density at radius 1 is 1.21 bits per heavy atom. The molecule has 2 nitrogen and oxygen atoms in total. The molecule has 0 atom stereocenters. The Labute approximate surface area is 145 Å². The van der Waals surface area contributed by atoms with Crippen LogP contribution < -0.4 is 0 Å². The van der Waals surface area contributed by atoms with E-state index >= 15 is 0 Å². The van der Waals surface area contributed by atoms with Crippen LogP contribution in [-0.2, 0) is 6.54 Å². The first kappa shape index (κ1) is 15.7. The predicted octanol–water partition coefficient (Wildman–Crippen LogP) is 5.76. The first-order valence-corrected chi connectivity index (χ1v) is 9.50. The van der Waals surface area contributed by atoms with Gasteiger partial charge in [-0.1, -0.05) is 0 Å². The first-order chi connectivity index (χ1) is 9.01. The van der Waals surface area contributed by atoms with Crippen molar-refractivity contribution < 1.29 is 4.79 Å². The number of halogens is 3. The normalized spacial score (nSPS) is 10.7. The Morgan fingerprint density at radius 3 is 2.42 bits per heavy atom. The molecule has 1 amide bonds. The molecule has 0 aliphatic heterocycles. The molecule has 7 heteroatoms. The van der Waals surface area contributed by atoms with E-state index in [2.05, 4.69) is 47.8 Å². The van der Waals surface area contributed by atoms with Gasteiger partial charge in [-0.05, 0) is 72.9 Å². The lowest BCUT2D eigenvalue weighted by molar-refractivity contribution is 0.0754. The predicted molar refractivity (Wildman–Crippen MR) is 92.2 cm³/mol. The Morgan fingerprint density at radius 2 is 1.95 bits per heavy atom. The molecule has 102 valence electrons. The molecular weight excluding hydrogens is 478 g/mol. The smallest absolute Gasteiger partial charge is 0.256 e. The monoisotopic (exact) mass is 485 g/mol. The van der Waals surface area contributed by atoms with Crippen molar-refractivity contribution in [3.05, 3.63) is 40.0 Å². The second-order valence-corrected chi connectivity index (χ2v) is 10.1. The first-order valence-electron chi connectivity index (χ1n) is 5.49. The van der Waals surface area contributed by atoms with Gasteiger partial charge in [-0.15, -0.1) is 22.7 Å². The van der Waals surface area contributed by atoms with Crippen molar-refractivity contribution in [2.45, 2.75) is 13.5 Å². The minimum absolute atomic E-state index is 0.0563. The average Bonchev–Trinajstić information content (AvgIpc) is 2.91. The van der Waals surface area contributed by atoms with Crippen LogP contribution in [0.1, 0.15) is 22.2 Å². The third-order valence-corrected chi connectivity index (χ3v) is 6.48. The molecule has 0 saturated carbocycles. The lowest BCUT2D eigenvalue weighted by atomic mass is 10.3. The maximum absolute atomic E-state index is 12.5. The Balaban J connectivity index is 2.17. The Bertz CT molecular complexity index is 594. The van der Waals surface area contributed by atoms with Crippen molar-refractivity contribution in [3.63, 3.8) is 0 Å². The Hall–Kier alpha value is 0.310. The third kappa shape index (κ3) is 3.91. The summed E-state index contributed by atoms with van der Waals surface area (Å²) in [5.41, 5.74) is 0.717. The number of amides is 1. The number of thiophene rings is 2. The molecule has 0 radical (unpaired) electrons. The van der Waals surface area contributed by atoms with Crippen LogP contribution in [0.3, 0.4) is 0 Å². The summed E-state index contributed by atoms with van der Waals surface area (Å²) >= 11 is 13.5. The second-order valence-electron chi connectivity index (χ2n) is 3.76. The highest BCUT2D eigenvalue weighted by Gasteiger charge is 2.20. The van der Waals surface area contributed by atoms with E-state index in [0.29, 0.717) is 18.7 Å². The average molecular weight is 488 g/mol. The van der Waals surface area contributed by atoms with E-state index in [9.17, 15) is 4.79 Å². The van der Waals surface area contributed by atoms with Gasteiger partial charge in [0, 0.05) is 11.4 Å². The molecule has 0 spiro atoms. The van der Waals surface area contributed by atoms with Crippen LogP contribution in [0.2, 0.25) is 0 Å². The van der Waals surface area contributed by atoms with Gasteiger partial charge in [0.15, 0.2) is 0 Å². The molecule has 0 aliphatic carbocycles. The van der Waals surface area contributed by atoms with Crippen molar-refractivity contribution in [2.75, 3.05) is 6.54 Å². The third-order valence-electron chi connectivity index (χ3n) is 2.53. The highest BCUT2D eigenvalue weighted by Crippen LogP contribution is 2.33. The van der Waals surface area contributed by atoms with Gasteiger partial charge in [0.25, 0.3) is 5.91 Å². The minimum atomic E-state index is 0.0563. The van der Waals surface area contributed by atoms with E-state index in [-0.39, 0.29) is 5.91 Å². The van der Waals surface area contributed by atoms with E-state index in [1.165, 1.54) is 16.2 Å². The Kier molecular flexibility index (Phi) is 5.65. The zero-order valence-corrected chi connectivity index (χ0v) is 16.3. The number of carbonyl (C=O) groups is 1. The molecule has 0 bridgehead atoms. The lowest BCUT2D eigenvalue weighted by Gasteiger charge is -2.19. The summed E-state index contributed by atoms with van der Waals surface area (Å²) in [4.78, 5) is 15.5. The maximum atomic E-state index is 12.5. The van der Waals surface area contributed by atoms with Crippen molar-refractivity contribution in [1.29, 1.82) is 0 Å². The van der Waals surface area contributed by atoms with Gasteiger partial charge in [0.05, 0.1) is 23.5 Å². The molecule has 0 fully saturated rings. The zero-order chi connectivity index (χ0) is 14.0. The van der Waals surface area contributed by atoms with Gasteiger partial charge in [-0.3, -0.25) is 4.79 Å².